The molecule has 1 aliphatic carbocycles. The largest absolute Gasteiger partial charge is 0.463 e. The van der Waals surface area contributed by atoms with Crippen molar-refractivity contribution in [1.29, 1.82) is 0 Å². The van der Waals surface area contributed by atoms with Crippen LogP contribution in [0.4, 0.5) is 0 Å². The molecule has 1 amide bonds. The van der Waals surface area contributed by atoms with Crippen molar-refractivity contribution in [1.82, 2.24) is 19.4 Å². The van der Waals surface area contributed by atoms with Crippen molar-refractivity contribution in [3.63, 3.8) is 0 Å². The molecule has 0 spiro atoms. The highest BCUT2D eigenvalue weighted by Gasteiger charge is 2.45. The van der Waals surface area contributed by atoms with Crippen LogP contribution in [-0.2, 0) is 11.8 Å². The van der Waals surface area contributed by atoms with Gasteiger partial charge in [-0.05, 0) is 31.0 Å². The molecule has 1 aliphatic heterocycles. The Morgan fingerprint density at radius 1 is 1.32 bits per heavy atom. The topological polar surface area (TPSA) is 69.5 Å². The number of carbonyl (C=O) groups excluding carboxylic acids is 1. The van der Waals surface area contributed by atoms with Gasteiger partial charge in [-0.1, -0.05) is 0 Å². The maximum Gasteiger partial charge on any atom is 0.316 e. The summed E-state index contributed by atoms with van der Waals surface area (Å²) in [5.41, 5.74) is 0.720. The minimum atomic E-state index is 0.0154. The SMILES string of the molecule is Cn1cccc1C(=O)N1CCO[C@@H]2[C@H](COc3ncccn3)CC[C@@H]21. The molecule has 2 aromatic rings. The molecule has 3 atom stereocenters. The van der Waals surface area contributed by atoms with E-state index in [-0.39, 0.29) is 24.0 Å². The standard InChI is InChI=1S/C18H22N4O3/c1-21-9-2-4-15(21)17(23)22-10-11-24-16-13(5-6-14(16)22)12-25-18-19-7-3-8-20-18/h2-4,7-9,13-14,16H,5-6,10-12H2,1H3/t13-,14-,16+/m0/s1. The van der Waals surface area contributed by atoms with Crippen LogP contribution in [0.5, 0.6) is 6.01 Å². The fourth-order valence-electron chi connectivity index (χ4n) is 3.86. The van der Waals surface area contributed by atoms with Crippen LogP contribution in [0.15, 0.2) is 36.8 Å². The average Bonchev–Trinajstić information content (AvgIpc) is 3.26. The zero-order chi connectivity index (χ0) is 17.2. The van der Waals surface area contributed by atoms with Crippen molar-refractivity contribution >= 4 is 5.91 Å². The van der Waals surface area contributed by atoms with Gasteiger partial charge < -0.3 is 18.9 Å². The molecule has 1 saturated carbocycles. The fraction of sp³-hybridized carbons (Fsp3) is 0.500. The molecule has 2 aliphatic rings. The smallest absolute Gasteiger partial charge is 0.316 e. The molecule has 132 valence electrons. The minimum absolute atomic E-state index is 0.0154. The highest BCUT2D eigenvalue weighted by atomic mass is 16.5. The van der Waals surface area contributed by atoms with Crippen LogP contribution in [0.25, 0.3) is 0 Å². The van der Waals surface area contributed by atoms with E-state index in [9.17, 15) is 4.79 Å². The molecule has 4 rings (SSSR count). The highest BCUT2D eigenvalue weighted by molar-refractivity contribution is 5.93. The van der Waals surface area contributed by atoms with Crippen LogP contribution >= 0.6 is 0 Å². The highest BCUT2D eigenvalue weighted by Crippen LogP contribution is 2.35. The maximum atomic E-state index is 12.9. The van der Waals surface area contributed by atoms with Crippen molar-refractivity contribution in [2.24, 2.45) is 13.0 Å². The molecule has 0 radical (unpaired) electrons. The summed E-state index contributed by atoms with van der Waals surface area (Å²) in [5, 5.41) is 0. The van der Waals surface area contributed by atoms with E-state index in [4.69, 9.17) is 9.47 Å². The average molecular weight is 342 g/mol. The monoisotopic (exact) mass is 342 g/mol. The minimum Gasteiger partial charge on any atom is -0.463 e. The van der Waals surface area contributed by atoms with Gasteiger partial charge in [-0.2, -0.15) is 0 Å². The van der Waals surface area contributed by atoms with Crippen LogP contribution in [0, 0.1) is 5.92 Å². The molecule has 2 aromatic heterocycles. The Kier molecular flexibility index (Phi) is 4.40. The van der Waals surface area contributed by atoms with E-state index in [2.05, 4.69) is 9.97 Å². The number of fused-ring (bicyclic) bond motifs is 1. The number of rotatable bonds is 4. The van der Waals surface area contributed by atoms with Gasteiger partial charge in [-0.3, -0.25) is 4.79 Å². The molecule has 0 aromatic carbocycles. The number of ether oxygens (including phenoxy) is 2. The quantitative estimate of drug-likeness (QED) is 0.842. The molecule has 25 heavy (non-hydrogen) atoms. The van der Waals surface area contributed by atoms with Gasteiger partial charge in [0.2, 0.25) is 0 Å². The summed E-state index contributed by atoms with van der Waals surface area (Å²) in [4.78, 5) is 23.1. The first-order valence-corrected chi connectivity index (χ1v) is 8.68. The normalized spacial score (nSPS) is 25.6. The van der Waals surface area contributed by atoms with E-state index >= 15 is 0 Å². The number of nitrogens with zero attached hydrogens (tertiary/aromatic N) is 4. The third-order valence-corrected chi connectivity index (χ3v) is 5.11. The Labute approximate surface area is 146 Å². The van der Waals surface area contributed by atoms with Gasteiger partial charge in [0.15, 0.2) is 0 Å². The lowest BCUT2D eigenvalue weighted by Gasteiger charge is -2.39. The Morgan fingerprint density at radius 3 is 2.92 bits per heavy atom. The van der Waals surface area contributed by atoms with Crippen molar-refractivity contribution in [2.45, 2.75) is 25.0 Å². The molecular weight excluding hydrogens is 320 g/mol. The van der Waals surface area contributed by atoms with Crippen LogP contribution in [0.1, 0.15) is 23.3 Å². The van der Waals surface area contributed by atoms with E-state index in [1.807, 2.05) is 34.8 Å². The van der Waals surface area contributed by atoms with E-state index in [1.165, 1.54) is 0 Å². The van der Waals surface area contributed by atoms with Crippen molar-refractivity contribution < 1.29 is 14.3 Å². The summed E-state index contributed by atoms with van der Waals surface area (Å²) in [6.45, 7) is 1.72. The van der Waals surface area contributed by atoms with Gasteiger partial charge in [0.05, 0.1) is 25.4 Å². The third-order valence-electron chi connectivity index (χ3n) is 5.11. The second-order valence-corrected chi connectivity index (χ2v) is 6.59. The molecule has 0 unspecified atom stereocenters. The Hall–Kier alpha value is -2.41. The van der Waals surface area contributed by atoms with Gasteiger partial charge in [-0.15, -0.1) is 0 Å². The summed E-state index contributed by atoms with van der Waals surface area (Å²) < 4.78 is 13.6. The number of aryl methyl sites for hydroxylation is 1. The van der Waals surface area contributed by atoms with Crippen molar-refractivity contribution in [3.8, 4) is 6.01 Å². The number of carbonyl (C=O) groups is 1. The molecule has 7 heteroatoms. The lowest BCUT2D eigenvalue weighted by molar-refractivity contribution is -0.0685. The molecule has 0 N–H and O–H groups in total. The second-order valence-electron chi connectivity index (χ2n) is 6.59. The van der Waals surface area contributed by atoms with Crippen LogP contribution in [0.3, 0.4) is 0 Å². The predicted octanol–water partition coefficient (Wildman–Crippen LogP) is 1.51. The Morgan fingerprint density at radius 2 is 2.16 bits per heavy atom. The van der Waals surface area contributed by atoms with Gasteiger partial charge in [0.25, 0.3) is 5.91 Å². The van der Waals surface area contributed by atoms with Gasteiger partial charge in [-0.25, -0.2) is 9.97 Å². The van der Waals surface area contributed by atoms with Crippen LogP contribution in [-0.4, -0.2) is 57.2 Å². The summed E-state index contributed by atoms with van der Waals surface area (Å²) in [7, 11) is 1.90. The maximum absolute atomic E-state index is 12.9. The van der Waals surface area contributed by atoms with E-state index in [0.717, 1.165) is 18.5 Å². The number of amides is 1. The third kappa shape index (κ3) is 3.11. The van der Waals surface area contributed by atoms with Crippen LogP contribution in [0.2, 0.25) is 0 Å². The summed E-state index contributed by atoms with van der Waals surface area (Å²) in [5.74, 6) is 0.330. The van der Waals surface area contributed by atoms with Gasteiger partial charge in [0.1, 0.15) is 5.69 Å². The summed E-state index contributed by atoms with van der Waals surface area (Å²) in [6, 6.07) is 6.03. The summed E-state index contributed by atoms with van der Waals surface area (Å²) >= 11 is 0. The summed E-state index contributed by atoms with van der Waals surface area (Å²) in [6.07, 6.45) is 7.15. The molecule has 0 bridgehead atoms. The van der Waals surface area contributed by atoms with E-state index in [1.54, 1.807) is 18.5 Å². The number of hydrogen-bond donors (Lipinski definition) is 0. The second kappa shape index (κ2) is 6.84. The Balaban J connectivity index is 1.43. The molecule has 3 heterocycles. The van der Waals surface area contributed by atoms with E-state index < -0.39 is 0 Å². The molecule has 2 fully saturated rings. The van der Waals surface area contributed by atoms with Gasteiger partial charge >= 0.3 is 6.01 Å². The van der Waals surface area contributed by atoms with Crippen LogP contribution < -0.4 is 4.74 Å². The lowest BCUT2D eigenvalue weighted by Crippen LogP contribution is -2.53. The van der Waals surface area contributed by atoms with Crippen molar-refractivity contribution in [2.75, 3.05) is 19.8 Å². The first-order chi connectivity index (χ1) is 12.2. The molecular formula is C18H22N4O3. The molecule has 7 nitrogen and oxygen atoms in total. The predicted molar refractivity (Wildman–Crippen MR) is 90.2 cm³/mol. The number of morpholine rings is 1. The zero-order valence-electron chi connectivity index (χ0n) is 14.2. The number of aromatic nitrogens is 3. The first-order valence-electron chi connectivity index (χ1n) is 8.68. The van der Waals surface area contributed by atoms with E-state index in [0.29, 0.717) is 25.8 Å². The number of hydrogen-bond acceptors (Lipinski definition) is 5. The first kappa shape index (κ1) is 16.1. The Bertz CT molecular complexity index is 733. The van der Waals surface area contributed by atoms with Crippen molar-refractivity contribution in [3.05, 3.63) is 42.5 Å². The zero-order valence-corrected chi connectivity index (χ0v) is 14.2. The molecule has 1 saturated heterocycles. The van der Waals surface area contributed by atoms with Gasteiger partial charge in [0, 0.05) is 38.1 Å². The lowest BCUT2D eigenvalue weighted by atomic mass is 10.0. The fourth-order valence-corrected chi connectivity index (χ4v) is 3.86.